The fraction of sp³-hybridized carbons (Fsp3) is 0.455. The Labute approximate surface area is 166 Å². The molecule has 6 nitrogen and oxygen atoms in total. The highest BCUT2D eigenvalue weighted by Crippen LogP contribution is 2.65. The fourth-order valence-corrected chi connectivity index (χ4v) is 5.44. The quantitative estimate of drug-likeness (QED) is 0.329. The summed E-state index contributed by atoms with van der Waals surface area (Å²) in [5.41, 5.74) is 0.216. The van der Waals surface area contributed by atoms with E-state index < -0.39 is 30.2 Å². The van der Waals surface area contributed by atoms with Gasteiger partial charge in [-0.3, -0.25) is 19.3 Å². The third kappa shape index (κ3) is 2.67. The van der Waals surface area contributed by atoms with E-state index in [9.17, 15) is 23.6 Å². The number of benzene rings is 1. The van der Waals surface area contributed by atoms with E-state index >= 15 is 0 Å². The third-order valence-corrected chi connectivity index (χ3v) is 6.94. The van der Waals surface area contributed by atoms with Gasteiger partial charge in [-0.15, -0.1) is 0 Å². The van der Waals surface area contributed by atoms with Gasteiger partial charge in [0.15, 0.2) is 12.4 Å². The van der Waals surface area contributed by atoms with E-state index in [2.05, 4.69) is 12.2 Å². The predicted molar refractivity (Wildman–Crippen MR) is 97.7 cm³/mol. The number of amides is 2. The van der Waals surface area contributed by atoms with Crippen molar-refractivity contribution in [3.63, 3.8) is 0 Å². The van der Waals surface area contributed by atoms with Crippen LogP contribution in [-0.4, -0.2) is 41.1 Å². The Balaban J connectivity index is 1.26. The van der Waals surface area contributed by atoms with Crippen LogP contribution in [-0.2, 0) is 19.1 Å². The van der Waals surface area contributed by atoms with Crippen LogP contribution < -0.4 is 0 Å². The zero-order chi connectivity index (χ0) is 20.4. The molecule has 0 radical (unpaired) electrons. The molecule has 2 bridgehead atoms. The lowest BCUT2D eigenvalue weighted by atomic mass is 9.63. The average Bonchev–Trinajstić information content (AvgIpc) is 3.49. The van der Waals surface area contributed by atoms with Crippen molar-refractivity contribution in [1.82, 2.24) is 4.90 Å². The number of halogens is 1. The topological polar surface area (TPSA) is 80.8 Å². The normalized spacial score (nSPS) is 34.6. The van der Waals surface area contributed by atoms with Crippen molar-refractivity contribution in [3.8, 4) is 0 Å². The maximum Gasteiger partial charge on any atom is 0.329 e. The second kappa shape index (κ2) is 6.34. The maximum absolute atomic E-state index is 13.0. The minimum absolute atomic E-state index is 0.0831. The molecule has 1 aromatic rings. The molecule has 1 heterocycles. The summed E-state index contributed by atoms with van der Waals surface area (Å²) in [6, 6.07) is 3.82. The number of carbonyl (C=O) groups excluding carboxylic acids is 4. The van der Waals surface area contributed by atoms with Crippen LogP contribution in [0.3, 0.4) is 0 Å². The smallest absolute Gasteiger partial charge is 0.329 e. The van der Waals surface area contributed by atoms with Gasteiger partial charge in [-0.25, -0.2) is 9.18 Å². The van der Waals surface area contributed by atoms with Gasteiger partial charge in [0.25, 0.3) is 0 Å². The SMILES string of the molecule is C[C@@H](C(=O)OCC(=O)c1ccc(F)cc1)N1C(=O)[C@H]2[C@@H]3C=C[C@H]([C@H]4C[C@H]34)[C@@H]2C1=O. The minimum atomic E-state index is -1.09. The fourth-order valence-electron chi connectivity index (χ4n) is 5.44. The highest BCUT2D eigenvalue weighted by atomic mass is 19.1. The molecule has 2 saturated carbocycles. The number of imide groups is 1. The second-order valence-electron chi connectivity index (χ2n) is 8.41. The van der Waals surface area contributed by atoms with Gasteiger partial charge in [-0.1, -0.05) is 12.2 Å². The summed E-state index contributed by atoms with van der Waals surface area (Å²) in [7, 11) is 0. The molecule has 2 amide bonds. The number of Topliss-reactive ketones (excluding diaryl/α,β-unsaturated/α-hetero) is 1. The number of rotatable bonds is 5. The van der Waals surface area contributed by atoms with E-state index in [4.69, 9.17) is 4.74 Å². The molecular weight excluding hydrogens is 377 g/mol. The molecule has 7 atom stereocenters. The molecule has 1 aromatic carbocycles. The Morgan fingerprint density at radius 3 is 2.17 bits per heavy atom. The summed E-state index contributed by atoms with van der Waals surface area (Å²) < 4.78 is 18.0. The van der Waals surface area contributed by atoms with Crippen LogP contribution in [0.1, 0.15) is 23.7 Å². The minimum Gasteiger partial charge on any atom is -0.456 e. The lowest BCUT2D eigenvalue weighted by Gasteiger charge is -2.37. The van der Waals surface area contributed by atoms with Gasteiger partial charge in [0.1, 0.15) is 11.9 Å². The molecule has 5 aliphatic rings. The van der Waals surface area contributed by atoms with Gasteiger partial charge in [0, 0.05) is 5.56 Å². The summed E-state index contributed by atoms with van der Waals surface area (Å²) in [5, 5.41) is 0. The highest BCUT2D eigenvalue weighted by Gasteiger charge is 2.67. The first-order valence-corrected chi connectivity index (χ1v) is 9.89. The monoisotopic (exact) mass is 397 g/mol. The summed E-state index contributed by atoms with van der Waals surface area (Å²) in [6.07, 6.45) is 5.21. The molecule has 4 aliphatic carbocycles. The van der Waals surface area contributed by atoms with Gasteiger partial charge < -0.3 is 4.74 Å². The van der Waals surface area contributed by atoms with Crippen LogP contribution in [0.5, 0.6) is 0 Å². The number of likely N-dealkylation sites (tertiary alicyclic amines) is 1. The first-order valence-electron chi connectivity index (χ1n) is 9.89. The van der Waals surface area contributed by atoms with E-state index in [1.165, 1.54) is 19.1 Å². The van der Waals surface area contributed by atoms with Crippen molar-refractivity contribution in [3.05, 3.63) is 47.8 Å². The van der Waals surface area contributed by atoms with Gasteiger partial charge >= 0.3 is 5.97 Å². The molecule has 0 aromatic heterocycles. The second-order valence-corrected chi connectivity index (χ2v) is 8.41. The average molecular weight is 397 g/mol. The molecule has 29 heavy (non-hydrogen) atoms. The Morgan fingerprint density at radius 2 is 1.62 bits per heavy atom. The van der Waals surface area contributed by atoms with Crippen LogP contribution in [0.2, 0.25) is 0 Å². The number of esters is 1. The predicted octanol–water partition coefficient (Wildman–Crippen LogP) is 1.99. The van der Waals surface area contributed by atoms with E-state index in [-0.39, 0.29) is 41.0 Å². The molecule has 0 N–H and O–H groups in total. The van der Waals surface area contributed by atoms with Gasteiger partial charge in [-0.05, 0) is 61.3 Å². The van der Waals surface area contributed by atoms with Crippen LogP contribution >= 0.6 is 0 Å². The number of ether oxygens (including phenoxy) is 1. The van der Waals surface area contributed by atoms with Crippen LogP contribution in [0.4, 0.5) is 4.39 Å². The summed E-state index contributed by atoms with van der Waals surface area (Å²) in [4.78, 5) is 51.6. The van der Waals surface area contributed by atoms with Crippen LogP contribution in [0.15, 0.2) is 36.4 Å². The summed E-state index contributed by atoms with van der Waals surface area (Å²) >= 11 is 0. The Hall–Kier alpha value is -2.83. The van der Waals surface area contributed by atoms with Gasteiger partial charge in [0.2, 0.25) is 11.8 Å². The van der Waals surface area contributed by atoms with Crippen molar-refractivity contribution in [2.24, 2.45) is 35.5 Å². The maximum atomic E-state index is 13.0. The Bertz CT molecular complexity index is 918. The van der Waals surface area contributed by atoms with Crippen molar-refractivity contribution in [2.75, 3.05) is 6.61 Å². The van der Waals surface area contributed by atoms with Crippen LogP contribution in [0.25, 0.3) is 0 Å². The summed E-state index contributed by atoms with van der Waals surface area (Å²) in [6.45, 7) is 0.919. The first-order chi connectivity index (χ1) is 13.9. The lowest BCUT2D eigenvalue weighted by Crippen LogP contribution is -2.45. The van der Waals surface area contributed by atoms with Gasteiger partial charge in [0.05, 0.1) is 11.8 Å². The largest absolute Gasteiger partial charge is 0.456 e. The van der Waals surface area contributed by atoms with Crippen molar-refractivity contribution in [2.45, 2.75) is 19.4 Å². The number of ketones is 1. The van der Waals surface area contributed by atoms with Crippen molar-refractivity contribution >= 4 is 23.6 Å². The molecule has 0 unspecified atom stereocenters. The molecule has 0 spiro atoms. The van der Waals surface area contributed by atoms with E-state index in [1.807, 2.05) is 0 Å². The zero-order valence-corrected chi connectivity index (χ0v) is 15.8. The van der Waals surface area contributed by atoms with E-state index in [0.717, 1.165) is 23.5 Å². The lowest BCUT2D eigenvalue weighted by molar-refractivity contribution is -0.157. The number of hydrogen-bond acceptors (Lipinski definition) is 5. The number of hydrogen-bond donors (Lipinski definition) is 0. The molecular formula is C22H20FNO5. The van der Waals surface area contributed by atoms with Gasteiger partial charge in [-0.2, -0.15) is 0 Å². The molecule has 7 heteroatoms. The summed E-state index contributed by atoms with van der Waals surface area (Å²) in [5.74, 6) is -1.99. The standard InChI is InChI=1S/C22H20FNO5/c1-10(22(28)29-9-17(25)11-2-4-12(23)5-3-11)24-20(26)18-13-6-7-14(16-8-15(13)16)19(18)21(24)27/h2-7,10,13-16,18-19H,8-9H2,1H3/t10-,13+,14+,15+,16+,18-,19-/m0/s1. The molecule has 6 rings (SSSR count). The Kier molecular flexibility index (Phi) is 3.98. The van der Waals surface area contributed by atoms with Crippen LogP contribution in [0, 0.1) is 41.3 Å². The van der Waals surface area contributed by atoms with Crippen molar-refractivity contribution in [1.29, 1.82) is 0 Å². The molecule has 3 fully saturated rings. The number of allylic oxidation sites excluding steroid dienone is 2. The molecule has 1 saturated heterocycles. The zero-order valence-electron chi connectivity index (χ0n) is 15.8. The number of carbonyl (C=O) groups is 4. The molecule has 150 valence electrons. The number of nitrogens with zero attached hydrogens (tertiary/aromatic N) is 1. The Morgan fingerprint density at radius 1 is 1.07 bits per heavy atom. The first kappa shape index (κ1) is 18.2. The van der Waals surface area contributed by atoms with E-state index in [0.29, 0.717) is 11.8 Å². The van der Waals surface area contributed by atoms with Crippen molar-refractivity contribution < 1.29 is 28.3 Å². The van der Waals surface area contributed by atoms with E-state index in [1.54, 1.807) is 0 Å². The molecule has 1 aliphatic heterocycles. The highest BCUT2D eigenvalue weighted by molar-refractivity contribution is 6.09. The third-order valence-electron chi connectivity index (χ3n) is 6.94.